The summed E-state index contributed by atoms with van der Waals surface area (Å²) in [5.41, 5.74) is 0. The highest BCUT2D eigenvalue weighted by Crippen LogP contribution is 1.99. The van der Waals surface area contributed by atoms with Crippen molar-refractivity contribution in [2.24, 2.45) is 0 Å². The summed E-state index contributed by atoms with van der Waals surface area (Å²) in [7, 11) is 0. The van der Waals surface area contributed by atoms with Crippen LogP contribution in [0, 0.1) is 0 Å². The van der Waals surface area contributed by atoms with Crippen LogP contribution in [0.3, 0.4) is 0 Å². The number of carboxylic acids is 2. The minimum Gasteiger partial charge on any atom is -0.480 e. The molecule has 0 aliphatic carbocycles. The first kappa shape index (κ1) is 17.8. The first-order chi connectivity index (χ1) is 10.4. The maximum atomic E-state index is 11.3. The van der Waals surface area contributed by atoms with Crippen LogP contribution in [0.4, 0.5) is 0 Å². The van der Waals surface area contributed by atoms with Gasteiger partial charge in [-0.05, 0) is 0 Å². The molecule has 12 nitrogen and oxygen atoms in total. The second kappa shape index (κ2) is 8.89. The lowest BCUT2D eigenvalue weighted by Gasteiger charge is -2.23. The lowest BCUT2D eigenvalue weighted by atomic mass is 10.4. The molecule has 0 atom stereocenters. The van der Waals surface area contributed by atoms with Gasteiger partial charge in [-0.3, -0.25) is 29.2 Å². The topological polar surface area (TPSA) is 152 Å². The first-order valence-corrected chi connectivity index (χ1v) is 5.98. The van der Waals surface area contributed by atoms with E-state index in [1.165, 1.54) is 4.90 Å². The van der Waals surface area contributed by atoms with E-state index in [1.54, 1.807) is 0 Å². The molecule has 12 heteroatoms. The van der Waals surface area contributed by atoms with Crippen molar-refractivity contribution < 1.29 is 49.2 Å². The fraction of sp³-hybridized carbons (Fsp3) is 0.600. The van der Waals surface area contributed by atoms with Gasteiger partial charge in [0, 0.05) is 23.2 Å². The predicted molar refractivity (Wildman–Crippen MR) is 62.5 cm³/mol. The van der Waals surface area contributed by atoms with E-state index in [2.05, 4.69) is 19.9 Å². The van der Waals surface area contributed by atoms with Crippen molar-refractivity contribution in [3.05, 3.63) is 0 Å². The number of carboxylic acid groups (broad SMARTS) is 2. The number of hydrogen-bond donors (Lipinski definition) is 2. The van der Waals surface area contributed by atoms with Gasteiger partial charge in [-0.2, -0.15) is 0 Å². The minimum atomic E-state index is -1.20. The standard InChI is InChI=1S/C10H14N2O10/c13-7(14)3-11(4-8(15)16)1-2-12-5-9(17)19-21-22-20-10(18)6-12/h1-6H2,(H,13,14)(H,15,16). The highest BCUT2D eigenvalue weighted by molar-refractivity contribution is 5.74. The molecule has 1 aliphatic rings. The number of carbonyl (C=O) groups excluding carboxylic acids is 2. The molecule has 0 bridgehead atoms. The van der Waals surface area contributed by atoms with E-state index in [0.717, 1.165) is 4.90 Å². The molecule has 0 radical (unpaired) electrons. The highest BCUT2D eigenvalue weighted by Gasteiger charge is 2.22. The molecule has 1 fully saturated rings. The van der Waals surface area contributed by atoms with Gasteiger partial charge >= 0.3 is 23.9 Å². The molecule has 22 heavy (non-hydrogen) atoms. The Balaban J connectivity index is 2.58. The molecule has 1 saturated heterocycles. The Labute approximate surface area is 123 Å². The van der Waals surface area contributed by atoms with E-state index in [0.29, 0.717) is 0 Å². The molecule has 0 saturated carbocycles. The monoisotopic (exact) mass is 322 g/mol. The van der Waals surface area contributed by atoms with Crippen molar-refractivity contribution >= 4 is 23.9 Å². The molecule has 2 N–H and O–H groups in total. The van der Waals surface area contributed by atoms with Gasteiger partial charge in [0.1, 0.15) is 13.1 Å². The largest absolute Gasteiger partial charge is 0.480 e. The molecule has 0 unspecified atom stereocenters. The highest BCUT2D eigenvalue weighted by atomic mass is 17.7. The van der Waals surface area contributed by atoms with Crippen LogP contribution in [-0.4, -0.2) is 83.2 Å². The third-order valence-corrected chi connectivity index (χ3v) is 2.44. The Kier molecular flexibility index (Phi) is 7.18. The van der Waals surface area contributed by atoms with E-state index in [1.807, 2.05) is 0 Å². The molecule has 1 rings (SSSR count). The Bertz CT molecular complexity index is 403. The molecule has 1 aliphatic heterocycles. The summed E-state index contributed by atoms with van der Waals surface area (Å²) >= 11 is 0. The second-order valence-corrected chi connectivity index (χ2v) is 4.26. The number of rotatable bonds is 7. The van der Waals surface area contributed by atoms with Crippen LogP contribution in [0.2, 0.25) is 0 Å². The molecular weight excluding hydrogens is 308 g/mol. The number of hydrogen-bond acceptors (Lipinski definition) is 10. The van der Waals surface area contributed by atoms with Gasteiger partial charge in [-0.15, -0.1) is 0 Å². The SMILES string of the molecule is O=C(O)CN(CCN1CC(=O)OOOOC(=O)C1)CC(=O)O. The van der Waals surface area contributed by atoms with E-state index in [9.17, 15) is 19.2 Å². The van der Waals surface area contributed by atoms with Gasteiger partial charge < -0.3 is 10.2 Å². The molecule has 1 heterocycles. The summed E-state index contributed by atoms with van der Waals surface area (Å²) in [6.45, 7) is -1.70. The van der Waals surface area contributed by atoms with Crippen LogP contribution >= 0.6 is 0 Å². The van der Waals surface area contributed by atoms with E-state index >= 15 is 0 Å². The molecule has 0 aromatic rings. The summed E-state index contributed by atoms with van der Waals surface area (Å²) in [6, 6.07) is 0. The second-order valence-electron chi connectivity index (χ2n) is 4.26. The zero-order valence-corrected chi connectivity index (χ0v) is 11.3. The summed E-state index contributed by atoms with van der Waals surface area (Å²) in [5, 5.41) is 25.1. The Morgan fingerprint density at radius 2 is 1.45 bits per heavy atom. The lowest BCUT2D eigenvalue weighted by molar-refractivity contribution is -0.599. The van der Waals surface area contributed by atoms with Gasteiger partial charge in [0.05, 0.1) is 13.1 Å². The summed E-state index contributed by atoms with van der Waals surface area (Å²) < 4.78 is 0. The fourth-order valence-corrected chi connectivity index (χ4v) is 1.61. The smallest absolute Gasteiger partial charge is 0.359 e. The van der Waals surface area contributed by atoms with Crippen molar-refractivity contribution in [1.29, 1.82) is 0 Å². The van der Waals surface area contributed by atoms with Crippen LogP contribution in [0.15, 0.2) is 0 Å². The van der Waals surface area contributed by atoms with E-state index < -0.39 is 37.0 Å². The Hall–Kier alpha value is -2.28. The Morgan fingerprint density at radius 1 is 1.00 bits per heavy atom. The molecular formula is C10H14N2O10. The minimum absolute atomic E-state index is 0.0130. The van der Waals surface area contributed by atoms with E-state index in [-0.39, 0.29) is 26.2 Å². The van der Waals surface area contributed by atoms with E-state index in [4.69, 9.17) is 10.2 Å². The Morgan fingerprint density at radius 3 is 1.86 bits per heavy atom. The van der Waals surface area contributed by atoms with Crippen LogP contribution in [0.1, 0.15) is 0 Å². The predicted octanol–water partition coefficient (Wildman–Crippen LogP) is -2.36. The van der Waals surface area contributed by atoms with Gasteiger partial charge in [0.15, 0.2) is 0 Å². The summed E-state index contributed by atoms with van der Waals surface area (Å²) in [5.74, 6) is -4.15. The van der Waals surface area contributed by atoms with Gasteiger partial charge in [-0.1, -0.05) is 0 Å². The average molecular weight is 322 g/mol. The summed E-state index contributed by atoms with van der Waals surface area (Å²) in [6.07, 6.45) is 0. The molecule has 124 valence electrons. The maximum absolute atomic E-state index is 11.3. The first-order valence-electron chi connectivity index (χ1n) is 5.98. The van der Waals surface area contributed by atoms with Gasteiger partial charge in [-0.25, -0.2) is 9.59 Å². The third kappa shape index (κ3) is 7.49. The van der Waals surface area contributed by atoms with Gasteiger partial charge in [0.2, 0.25) is 0 Å². The molecule has 0 aromatic heterocycles. The molecule has 0 amide bonds. The zero-order chi connectivity index (χ0) is 16.5. The van der Waals surface area contributed by atoms with Crippen LogP contribution < -0.4 is 0 Å². The van der Waals surface area contributed by atoms with Crippen LogP contribution in [0.25, 0.3) is 0 Å². The zero-order valence-electron chi connectivity index (χ0n) is 11.3. The lowest BCUT2D eigenvalue weighted by Crippen LogP contribution is -2.43. The number of nitrogens with zero attached hydrogens (tertiary/aromatic N) is 2. The third-order valence-electron chi connectivity index (χ3n) is 2.44. The van der Waals surface area contributed by atoms with Gasteiger partial charge in [0.25, 0.3) is 0 Å². The van der Waals surface area contributed by atoms with Crippen molar-refractivity contribution in [3.8, 4) is 0 Å². The van der Waals surface area contributed by atoms with Crippen molar-refractivity contribution in [2.75, 3.05) is 39.3 Å². The summed E-state index contributed by atoms with van der Waals surface area (Å²) in [4.78, 5) is 54.4. The number of carbonyl (C=O) groups is 4. The maximum Gasteiger partial charge on any atom is 0.359 e. The quantitative estimate of drug-likeness (QED) is 0.482. The van der Waals surface area contributed by atoms with Crippen LogP contribution in [0.5, 0.6) is 0 Å². The molecule has 0 aromatic carbocycles. The van der Waals surface area contributed by atoms with Crippen molar-refractivity contribution in [1.82, 2.24) is 9.80 Å². The van der Waals surface area contributed by atoms with Crippen molar-refractivity contribution in [2.45, 2.75) is 0 Å². The van der Waals surface area contributed by atoms with Crippen LogP contribution in [-0.2, 0) is 39.0 Å². The average Bonchev–Trinajstić information content (AvgIpc) is 2.46. The number of aliphatic carboxylic acids is 2. The molecule has 0 spiro atoms. The fourth-order valence-electron chi connectivity index (χ4n) is 1.61. The normalized spacial score (nSPS) is 17.1. The van der Waals surface area contributed by atoms with Crippen molar-refractivity contribution in [3.63, 3.8) is 0 Å².